The molecule has 0 aliphatic heterocycles. The van der Waals surface area contributed by atoms with Crippen molar-refractivity contribution in [2.45, 2.75) is 46.5 Å². The molecule has 1 aliphatic carbocycles. The Balaban J connectivity index is 2.36. The molecular weight excluding hydrogens is 196 g/mol. The minimum atomic E-state index is 0.968. The van der Waals surface area contributed by atoms with Gasteiger partial charge in [0.1, 0.15) is 5.76 Å². The van der Waals surface area contributed by atoms with Gasteiger partial charge in [-0.05, 0) is 45.6 Å². The Kier molecular flexibility index (Phi) is 3.33. The van der Waals surface area contributed by atoms with Gasteiger partial charge in [0.25, 0.3) is 0 Å². The number of aryl methyl sites for hydroxylation is 1. The lowest BCUT2D eigenvalue weighted by atomic mass is 9.98. The summed E-state index contributed by atoms with van der Waals surface area (Å²) < 4.78 is 5.65. The molecule has 0 saturated heterocycles. The zero-order valence-electron chi connectivity index (χ0n) is 10.5. The fraction of sp³-hybridized carbons (Fsp3) is 0.467. The number of furan rings is 1. The standard InChI is InChI=1S/C15H20O/c1-11-5-4-6-12(2)9-15-14(8-7-11)13(3)10-16-15/h6-7,10H,4-5,8-9H2,1-3H3/b11-7-,12-6-. The first kappa shape index (κ1) is 11.3. The van der Waals surface area contributed by atoms with Gasteiger partial charge < -0.3 is 4.42 Å². The van der Waals surface area contributed by atoms with E-state index in [0.29, 0.717) is 0 Å². The summed E-state index contributed by atoms with van der Waals surface area (Å²) in [5.74, 6) is 1.15. The normalized spacial score (nSPS) is 23.9. The highest BCUT2D eigenvalue weighted by Gasteiger charge is 2.11. The van der Waals surface area contributed by atoms with E-state index in [9.17, 15) is 0 Å². The molecule has 1 heterocycles. The van der Waals surface area contributed by atoms with Crippen LogP contribution in [0.5, 0.6) is 0 Å². The summed E-state index contributed by atoms with van der Waals surface area (Å²) >= 11 is 0. The molecule has 0 amide bonds. The molecule has 16 heavy (non-hydrogen) atoms. The predicted molar refractivity (Wildman–Crippen MR) is 67.6 cm³/mol. The number of hydrogen-bond acceptors (Lipinski definition) is 1. The van der Waals surface area contributed by atoms with Crippen LogP contribution >= 0.6 is 0 Å². The van der Waals surface area contributed by atoms with E-state index in [-0.39, 0.29) is 0 Å². The van der Waals surface area contributed by atoms with E-state index >= 15 is 0 Å². The topological polar surface area (TPSA) is 13.1 Å². The first-order valence-electron chi connectivity index (χ1n) is 6.04. The quantitative estimate of drug-likeness (QED) is 0.587. The average molecular weight is 216 g/mol. The summed E-state index contributed by atoms with van der Waals surface area (Å²) in [4.78, 5) is 0. The maximum Gasteiger partial charge on any atom is 0.111 e. The Hall–Kier alpha value is -1.24. The van der Waals surface area contributed by atoms with Crippen molar-refractivity contribution in [1.82, 2.24) is 0 Å². The third kappa shape index (κ3) is 2.46. The Morgan fingerprint density at radius 2 is 1.88 bits per heavy atom. The van der Waals surface area contributed by atoms with E-state index in [4.69, 9.17) is 4.42 Å². The monoisotopic (exact) mass is 216 g/mol. The molecule has 1 aliphatic rings. The van der Waals surface area contributed by atoms with Crippen LogP contribution in [0.4, 0.5) is 0 Å². The molecule has 1 aromatic rings. The number of rotatable bonds is 0. The van der Waals surface area contributed by atoms with E-state index in [1.807, 2.05) is 6.26 Å². The van der Waals surface area contributed by atoms with E-state index < -0.39 is 0 Å². The van der Waals surface area contributed by atoms with Gasteiger partial charge in [-0.15, -0.1) is 0 Å². The number of hydrogen-bond donors (Lipinski definition) is 0. The van der Waals surface area contributed by atoms with Crippen molar-refractivity contribution in [3.8, 4) is 0 Å². The summed E-state index contributed by atoms with van der Waals surface area (Å²) in [6, 6.07) is 0. The molecule has 0 spiro atoms. The largest absolute Gasteiger partial charge is 0.468 e. The van der Waals surface area contributed by atoms with Gasteiger partial charge >= 0.3 is 0 Å². The Bertz CT molecular complexity index is 432. The van der Waals surface area contributed by atoms with Crippen LogP contribution in [0.1, 0.15) is 43.6 Å². The van der Waals surface area contributed by atoms with E-state index in [0.717, 1.165) is 25.0 Å². The molecule has 2 rings (SSSR count). The first-order chi connectivity index (χ1) is 7.66. The van der Waals surface area contributed by atoms with E-state index in [1.54, 1.807) is 0 Å². The number of fused-ring (bicyclic) bond motifs is 1. The molecule has 0 saturated carbocycles. The first-order valence-corrected chi connectivity index (χ1v) is 6.04. The summed E-state index contributed by atoms with van der Waals surface area (Å²) in [5.41, 5.74) is 5.57. The van der Waals surface area contributed by atoms with Crippen molar-refractivity contribution < 1.29 is 4.42 Å². The molecule has 86 valence electrons. The molecule has 0 aromatic carbocycles. The van der Waals surface area contributed by atoms with Gasteiger partial charge in [0.05, 0.1) is 6.26 Å². The highest BCUT2D eigenvalue weighted by Crippen LogP contribution is 2.23. The summed E-state index contributed by atoms with van der Waals surface area (Å²) in [6.45, 7) is 6.55. The predicted octanol–water partition coefficient (Wildman–Crippen LogP) is 4.36. The average Bonchev–Trinajstić information content (AvgIpc) is 2.57. The second kappa shape index (κ2) is 4.73. The van der Waals surface area contributed by atoms with Gasteiger partial charge in [0.2, 0.25) is 0 Å². The Morgan fingerprint density at radius 3 is 2.69 bits per heavy atom. The highest BCUT2D eigenvalue weighted by molar-refractivity contribution is 5.32. The molecule has 1 heteroatoms. The third-order valence-corrected chi connectivity index (χ3v) is 3.32. The Labute approximate surface area is 97.9 Å². The molecule has 0 bridgehead atoms. The molecule has 1 nitrogen and oxygen atoms in total. The molecule has 1 aromatic heterocycles. The molecule has 0 N–H and O–H groups in total. The van der Waals surface area contributed by atoms with E-state index in [2.05, 4.69) is 32.9 Å². The summed E-state index contributed by atoms with van der Waals surface area (Å²) in [5, 5.41) is 0. The fourth-order valence-corrected chi connectivity index (χ4v) is 2.19. The zero-order chi connectivity index (χ0) is 11.5. The third-order valence-electron chi connectivity index (χ3n) is 3.32. The minimum Gasteiger partial charge on any atom is -0.468 e. The Morgan fingerprint density at radius 1 is 1.06 bits per heavy atom. The van der Waals surface area contributed by atoms with Crippen LogP contribution in [0, 0.1) is 6.92 Å². The van der Waals surface area contributed by atoms with Crippen LogP contribution < -0.4 is 0 Å². The van der Waals surface area contributed by atoms with Crippen LogP contribution in [-0.4, -0.2) is 0 Å². The van der Waals surface area contributed by atoms with Gasteiger partial charge in [-0.1, -0.05) is 23.3 Å². The molecular formula is C15H20O. The van der Waals surface area contributed by atoms with Crippen LogP contribution in [0.3, 0.4) is 0 Å². The zero-order valence-corrected chi connectivity index (χ0v) is 10.5. The van der Waals surface area contributed by atoms with Crippen LogP contribution in [0.25, 0.3) is 0 Å². The van der Waals surface area contributed by atoms with Crippen molar-refractivity contribution >= 4 is 0 Å². The SMILES string of the molecule is C/C1=C/Cc2c(C)coc2C/C(C)=C\CC1. The van der Waals surface area contributed by atoms with E-state index in [1.165, 1.54) is 28.7 Å². The van der Waals surface area contributed by atoms with Crippen LogP contribution in [0.15, 0.2) is 34.0 Å². The lowest BCUT2D eigenvalue weighted by Gasteiger charge is -2.07. The minimum absolute atomic E-state index is 0.968. The van der Waals surface area contributed by atoms with Crippen LogP contribution in [-0.2, 0) is 12.8 Å². The van der Waals surface area contributed by atoms with Crippen molar-refractivity contribution in [2.24, 2.45) is 0 Å². The second-order valence-corrected chi connectivity index (χ2v) is 4.84. The van der Waals surface area contributed by atoms with Gasteiger partial charge in [0, 0.05) is 12.0 Å². The lowest BCUT2D eigenvalue weighted by molar-refractivity contribution is 0.514. The van der Waals surface area contributed by atoms with Gasteiger partial charge in [-0.3, -0.25) is 0 Å². The smallest absolute Gasteiger partial charge is 0.111 e. The lowest BCUT2D eigenvalue weighted by Crippen LogP contribution is -1.95. The van der Waals surface area contributed by atoms with Crippen molar-refractivity contribution in [2.75, 3.05) is 0 Å². The fourth-order valence-electron chi connectivity index (χ4n) is 2.19. The van der Waals surface area contributed by atoms with Gasteiger partial charge in [-0.25, -0.2) is 0 Å². The van der Waals surface area contributed by atoms with Crippen molar-refractivity contribution in [3.05, 3.63) is 46.4 Å². The van der Waals surface area contributed by atoms with Crippen molar-refractivity contribution in [3.63, 3.8) is 0 Å². The molecule has 0 radical (unpaired) electrons. The number of allylic oxidation sites excluding steroid dienone is 4. The van der Waals surface area contributed by atoms with Gasteiger partial charge in [-0.2, -0.15) is 0 Å². The maximum atomic E-state index is 5.65. The van der Waals surface area contributed by atoms with Crippen molar-refractivity contribution in [1.29, 1.82) is 0 Å². The molecule has 0 unspecified atom stereocenters. The van der Waals surface area contributed by atoms with Crippen LogP contribution in [0.2, 0.25) is 0 Å². The highest BCUT2D eigenvalue weighted by atomic mass is 16.3. The second-order valence-electron chi connectivity index (χ2n) is 4.84. The summed E-state index contributed by atoms with van der Waals surface area (Å²) in [6.07, 6.45) is 10.9. The molecule has 0 fully saturated rings. The summed E-state index contributed by atoms with van der Waals surface area (Å²) in [7, 11) is 0. The van der Waals surface area contributed by atoms with Gasteiger partial charge in [0.15, 0.2) is 0 Å². The molecule has 0 atom stereocenters. The maximum absolute atomic E-state index is 5.65.